The molecule has 176 valence electrons. The summed E-state index contributed by atoms with van der Waals surface area (Å²) in [6.45, 7) is 0. The van der Waals surface area contributed by atoms with Crippen molar-refractivity contribution in [2.24, 2.45) is 0 Å². The van der Waals surface area contributed by atoms with Crippen molar-refractivity contribution in [2.75, 3.05) is 19.5 Å². The highest BCUT2D eigenvalue weighted by Gasteiger charge is 2.25. The van der Waals surface area contributed by atoms with Crippen molar-refractivity contribution >= 4 is 32.2 Å². The normalized spacial score (nSPS) is 12.2. The summed E-state index contributed by atoms with van der Waals surface area (Å²) in [6, 6.07) is 22.7. The first-order valence-corrected chi connectivity index (χ1v) is 12.7. The van der Waals surface area contributed by atoms with Crippen molar-refractivity contribution in [3.05, 3.63) is 89.4 Å². The number of aromatic nitrogens is 2. The van der Waals surface area contributed by atoms with Gasteiger partial charge in [0, 0.05) is 5.69 Å². The maximum absolute atomic E-state index is 13.1. The molecule has 1 atom stereocenters. The van der Waals surface area contributed by atoms with Gasteiger partial charge in [-0.2, -0.15) is 0 Å². The molecule has 0 saturated heterocycles. The number of hydrogen-bond acceptors (Lipinski definition) is 8. The number of nitrogens with one attached hydrogen (secondary N) is 2. The largest absolute Gasteiger partial charge is 0.497 e. The highest BCUT2D eigenvalue weighted by Crippen LogP contribution is 2.29. The Morgan fingerprint density at radius 2 is 1.47 bits per heavy atom. The lowest BCUT2D eigenvalue weighted by Gasteiger charge is -2.16. The van der Waals surface area contributed by atoms with Crippen molar-refractivity contribution in [1.82, 2.24) is 14.9 Å². The lowest BCUT2D eigenvalue weighted by molar-refractivity contribution is 0.414. The molecular weight excluding hydrogens is 472 g/mol. The first kappa shape index (κ1) is 23.7. The van der Waals surface area contributed by atoms with Crippen LogP contribution in [0.25, 0.3) is 0 Å². The Kier molecular flexibility index (Phi) is 7.41. The van der Waals surface area contributed by atoms with Crippen LogP contribution in [0.5, 0.6) is 11.5 Å². The number of sulfonamides is 1. The van der Waals surface area contributed by atoms with Crippen LogP contribution in [-0.4, -0.2) is 32.8 Å². The Hall–Kier alpha value is -3.47. The molecular formula is C24H24N4O4S2. The van der Waals surface area contributed by atoms with Gasteiger partial charge in [-0.05, 0) is 60.5 Å². The summed E-state index contributed by atoms with van der Waals surface area (Å²) in [6.07, 6.45) is 0.424. The average Bonchev–Trinajstić information content (AvgIpc) is 3.33. The molecule has 8 nitrogen and oxygen atoms in total. The minimum Gasteiger partial charge on any atom is -0.497 e. The van der Waals surface area contributed by atoms with E-state index in [4.69, 9.17) is 9.47 Å². The van der Waals surface area contributed by atoms with E-state index in [1.165, 1.54) is 30.6 Å². The van der Waals surface area contributed by atoms with Crippen molar-refractivity contribution in [1.29, 1.82) is 0 Å². The molecule has 0 radical (unpaired) electrons. The van der Waals surface area contributed by atoms with E-state index in [9.17, 15) is 8.42 Å². The van der Waals surface area contributed by atoms with Crippen LogP contribution in [0.2, 0.25) is 0 Å². The standard InChI is InChI=1S/C24H24N4O4S2/c1-31-19-10-8-18(9-11-19)25-24-27-26-23(33-24)22(16-17-6-4-3-5-7-17)28-34(29,30)21-14-12-20(32-2)13-15-21/h3-15,22,28H,16H2,1-2H3,(H,25,27). The third kappa shape index (κ3) is 5.90. The molecule has 0 fully saturated rings. The van der Waals surface area contributed by atoms with Gasteiger partial charge in [-0.3, -0.25) is 0 Å². The molecule has 1 heterocycles. The summed E-state index contributed by atoms with van der Waals surface area (Å²) in [7, 11) is -0.668. The zero-order valence-corrected chi connectivity index (χ0v) is 20.3. The third-order valence-corrected chi connectivity index (χ3v) is 7.47. The van der Waals surface area contributed by atoms with Gasteiger partial charge in [0.15, 0.2) is 0 Å². The summed E-state index contributed by atoms with van der Waals surface area (Å²) in [4.78, 5) is 0.146. The molecule has 0 aliphatic heterocycles. The van der Waals surface area contributed by atoms with Crippen molar-refractivity contribution in [2.45, 2.75) is 17.4 Å². The summed E-state index contributed by atoms with van der Waals surface area (Å²) in [5.41, 5.74) is 1.80. The smallest absolute Gasteiger partial charge is 0.241 e. The van der Waals surface area contributed by atoms with E-state index in [2.05, 4.69) is 20.2 Å². The van der Waals surface area contributed by atoms with E-state index in [0.717, 1.165) is 17.0 Å². The number of ether oxygens (including phenoxy) is 2. The second kappa shape index (κ2) is 10.6. The summed E-state index contributed by atoms with van der Waals surface area (Å²) >= 11 is 1.30. The Labute approximate surface area is 202 Å². The topological polar surface area (TPSA) is 102 Å². The van der Waals surface area contributed by atoms with Gasteiger partial charge in [-0.1, -0.05) is 41.7 Å². The maximum atomic E-state index is 13.1. The SMILES string of the molecule is COc1ccc(Nc2nnc(C(Cc3ccccc3)NS(=O)(=O)c3ccc(OC)cc3)s2)cc1. The number of hydrogen-bond donors (Lipinski definition) is 2. The molecule has 0 saturated carbocycles. The van der Waals surface area contributed by atoms with Gasteiger partial charge >= 0.3 is 0 Å². The second-order valence-electron chi connectivity index (χ2n) is 7.34. The first-order chi connectivity index (χ1) is 16.5. The molecule has 4 rings (SSSR count). The number of benzene rings is 3. The highest BCUT2D eigenvalue weighted by molar-refractivity contribution is 7.89. The van der Waals surface area contributed by atoms with E-state index >= 15 is 0 Å². The van der Waals surface area contributed by atoms with Crippen molar-refractivity contribution < 1.29 is 17.9 Å². The fourth-order valence-electron chi connectivity index (χ4n) is 3.26. The number of nitrogens with zero attached hydrogens (tertiary/aromatic N) is 2. The molecule has 0 aliphatic carbocycles. The Bertz CT molecular complexity index is 1310. The molecule has 0 amide bonds. The third-order valence-electron chi connectivity index (χ3n) is 5.03. The average molecular weight is 497 g/mol. The zero-order chi connectivity index (χ0) is 24.0. The lowest BCUT2D eigenvalue weighted by atomic mass is 10.1. The molecule has 34 heavy (non-hydrogen) atoms. The van der Waals surface area contributed by atoms with Crippen molar-refractivity contribution in [3.63, 3.8) is 0 Å². The van der Waals surface area contributed by atoms with Crippen LogP contribution in [0.4, 0.5) is 10.8 Å². The minimum atomic E-state index is -3.81. The van der Waals surface area contributed by atoms with Gasteiger partial charge < -0.3 is 14.8 Å². The van der Waals surface area contributed by atoms with Crippen LogP contribution in [0.15, 0.2) is 83.8 Å². The van der Waals surface area contributed by atoms with E-state index in [-0.39, 0.29) is 4.90 Å². The number of methoxy groups -OCH3 is 2. The highest BCUT2D eigenvalue weighted by atomic mass is 32.2. The minimum absolute atomic E-state index is 0.146. The molecule has 4 aromatic rings. The van der Waals surface area contributed by atoms with Crippen LogP contribution in [0, 0.1) is 0 Å². The van der Waals surface area contributed by atoms with Gasteiger partial charge in [0.05, 0.1) is 25.2 Å². The van der Waals surface area contributed by atoms with Gasteiger partial charge in [-0.25, -0.2) is 13.1 Å². The fraction of sp³-hybridized carbons (Fsp3) is 0.167. The van der Waals surface area contributed by atoms with Crippen molar-refractivity contribution in [3.8, 4) is 11.5 Å². The van der Waals surface area contributed by atoms with Crippen LogP contribution in [0.3, 0.4) is 0 Å². The van der Waals surface area contributed by atoms with E-state index < -0.39 is 16.1 Å². The molecule has 0 bridgehead atoms. The monoisotopic (exact) mass is 496 g/mol. The molecule has 2 N–H and O–H groups in total. The van der Waals surface area contributed by atoms with Gasteiger partial charge in [0.1, 0.15) is 16.5 Å². The summed E-state index contributed by atoms with van der Waals surface area (Å²) in [5, 5.41) is 12.8. The molecule has 0 spiro atoms. The molecule has 10 heteroatoms. The quantitative estimate of drug-likeness (QED) is 0.332. The van der Waals surface area contributed by atoms with Crippen LogP contribution in [-0.2, 0) is 16.4 Å². The predicted molar refractivity (Wildman–Crippen MR) is 132 cm³/mol. The van der Waals surface area contributed by atoms with E-state index in [1.54, 1.807) is 19.2 Å². The van der Waals surface area contributed by atoms with Crippen LogP contribution in [0.1, 0.15) is 16.6 Å². The van der Waals surface area contributed by atoms with Gasteiger partial charge in [0.25, 0.3) is 0 Å². The molecule has 0 aliphatic rings. The molecule has 1 unspecified atom stereocenters. The summed E-state index contributed by atoms with van der Waals surface area (Å²) in [5.74, 6) is 1.33. The molecule has 3 aromatic carbocycles. The van der Waals surface area contributed by atoms with E-state index in [1.807, 2.05) is 54.6 Å². The maximum Gasteiger partial charge on any atom is 0.241 e. The first-order valence-electron chi connectivity index (χ1n) is 10.4. The Morgan fingerprint density at radius 1 is 0.853 bits per heavy atom. The van der Waals surface area contributed by atoms with Gasteiger partial charge in [0.2, 0.25) is 15.2 Å². The predicted octanol–water partition coefficient (Wildman–Crippen LogP) is 4.56. The molecule has 1 aromatic heterocycles. The van der Waals surface area contributed by atoms with E-state index in [0.29, 0.717) is 22.3 Å². The van der Waals surface area contributed by atoms with Crippen LogP contribution < -0.4 is 19.5 Å². The van der Waals surface area contributed by atoms with Gasteiger partial charge in [-0.15, -0.1) is 10.2 Å². The Morgan fingerprint density at radius 3 is 2.09 bits per heavy atom. The lowest BCUT2D eigenvalue weighted by Crippen LogP contribution is -2.30. The number of rotatable bonds is 10. The Balaban J connectivity index is 1.58. The summed E-state index contributed by atoms with van der Waals surface area (Å²) < 4.78 is 39.4. The fourth-order valence-corrected chi connectivity index (χ4v) is 5.35. The second-order valence-corrected chi connectivity index (χ2v) is 10.1. The van der Waals surface area contributed by atoms with Crippen LogP contribution >= 0.6 is 11.3 Å². The number of anilines is 2. The zero-order valence-electron chi connectivity index (χ0n) is 18.6.